The highest BCUT2D eigenvalue weighted by Gasteiger charge is 2.15. The van der Waals surface area contributed by atoms with Crippen molar-refractivity contribution >= 4 is 22.6 Å². The second kappa shape index (κ2) is 9.69. The van der Waals surface area contributed by atoms with Crippen LogP contribution in [-0.4, -0.2) is 27.6 Å². The molecule has 1 heterocycles. The van der Waals surface area contributed by atoms with Crippen LogP contribution in [0, 0.1) is 0 Å². The Kier molecular flexibility index (Phi) is 7.03. The van der Waals surface area contributed by atoms with Gasteiger partial charge < -0.3 is 23.4 Å². The topological polar surface area (TPSA) is 67.1 Å². The third kappa shape index (κ3) is 4.96. The Labute approximate surface area is 179 Å². The van der Waals surface area contributed by atoms with Crippen LogP contribution in [0.15, 0.2) is 57.3 Å². The fraction of sp³-hybridized carbons (Fsp3) is 0.261. The molecule has 0 spiro atoms. The lowest BCUT2D eigenvalue weighted by Gasteiger charge is -2.12. The molecule has 0 N–H and O–H groups in total. The smallest absolute Gasteiger partial charge is 0.197 e. The number of hydrogen-bond donors (Lipinski definition) is 0. The summed E-state index contributed by atoms with van der Waals surface area (Å²) in [5, 5.41) is 0.756. The maximum atomic E-state index is 12.9. The van der Waals surface area contributed by atoms with Crippen LogP contribution >= 0.6 is 11.6 Å². The second-order valence-corrected chi connectivity index (χ2v) is 7.17. The molecule has 158 valence electrons. The SMILES string of the molecule is COCOc1cc(OCC=C(C)C)c2c(=O)cc(-c3ccc(OC)c(Cl)c3)oc2c1. The molecule has 2 aromatic carbocycles. The van der Waals surface area contributed by atoms with Crippen molar-refractivity contribution in [1.82, 2.24) is 0 Å². The number of benzene rings is 2. The molecule has 0 aliphatic carbocycles. The number of fused-ring (bicyclic) bond motifs is 1. The first kappa shape index (κ1) is 21.7. The zero-order chi connectivity index (χ0) is 21.7. The molecule has 0 saturated heterocycles. The zero-order valence-corrected chi connectivity index (χ0v) is 18.0. The molecule has 0 aliphatic rings. The highest BCUT2D eigenvalue weighted by Crippen LogP contribution is 2.34. The lowest BCUT2D eigenvalue weighted by atomic mass is 10.1. The van der Waals surface area contributed by atoms with Crippen LogP contribution < -0.4 is 19.6 Å². The van der Waals surface area contributed by atoms with E-state index in [1.165, 1.54) is 20.3 Å². The first-order chi connectivity index (χ1) is 14.4. The number of ether oxygens (including phenoxy) is 4. The second-order valence-electron chi connectivity index (χ2n) is 6.76. The van der Waals surface area contributed by atoms with Crippen LogP contribution in [0.25, 0.3) is 22.3 Å². The Morgan fingerprint density at radius 3 is 2.53 bits per heavy atom. The van der Waals surface area contributed by atoms with E-state index < -0.39 is 0 Å². The average Bonchev–Trinajstić information content (AvgIpc) is 2.71. The van der Waals surface area contributed by atoms with E-state index >= 15 is 0 Å². The fourth-order valence-electron chi connectivity index (χ4n) is 2.81. The summed E-state index contributed by atoms with van der Waals surface area (Å²) in [6, 6.07) is 9.88. The van der Waals surface area contributed by atoms with E-state index in [9.17, 15) is 4.79 Å². The molecule has 30 heavy (non-hydrogen) atoms. The van der Waals surface area contributed by atoms with Crippen molar-refractivity contribution in [2.75, 3.05) is 27.6 Å². The Hall–Kier alpha value is -2.96. The van der Waals surface area contributed by atoms with Crippen molar-refractivity contribution in [1.29, 1.82) is 0 Å². The van der Waals surface area contributed by atoms with Gasteiger partial charge >= 0.3 is 0 Å². The Morgan fingerprint density at radius 1 is 1.07 bits per heavy atom. The Morgan fingerprint density at radius 2 is 1.87 bits per heavy atom. The predicted molar refractivity (Wildman–Crippen MR) is 117 cm³/mol. The van der Waals surface area contributed by atoms with Gasteiger partial charge in [-0.25, -0.2) is 0 Å². The lowest BCUT2D eigenvalue weighted by Crippen LogP contribution is -2.06. The summed E-state index contributed by atoms with van der Waals surface area (Å²) in [6.45, 7) is 4.32. The van der Waals surface area contributed by atoms with Gasteiger partial charge in [0.25, 0.3) is 0 Å². The average molecular weight is 431 g/mol. The highest BCUT2D eigenvalue weighted by molar-refractivity contribution is 6.32. The summed E-state index contributed by atoms with van der Waals surface area (Å²) in [5.74, 6) is 1.75. The Bertz CT molecular complexity index is 1130. The summed E-state index contributed by atoms with van der Waals surface area (Å²) in [4.78, 5) is 12.9. The first-order valence-electron chi connectivity index (χ1n) is 9.26. The molecule has 0 bridgehead atoms. The molecule has 0 amide bonds. The van der Waals surface area contributed by atoms with Crippen LogP contribution in [0.4, 0.5) is 0 Å². The standard InChI is InChI=1S/C23H23ClO6/c1-14(2)7-8-28-21-10-16(29-13-26-3)11-22-23(21)18(25)12-20(30-22)15-5-6-19(27-4)17(24)9-15/h5-7,9-12H,8,13H2,1-4H3. The van der Waals surface area contributed by atoms with E-state index in [0.717, 1.165) is 5.57 Å². The Balaban J connectivity index is 2.12. The van der Waals surface area contributed by atoms with Crippen molar-refractivity contribution in [3.8, 4) is 28.6 Å². The van der Waals surface area contributed by atoms with Gasteiger partial charge in [-0.2, -0.15) is 0 Å². The van der Waals surface area contributed by atoms with E-state index in [4.69, 9.17) is 35.0 Å². The lowest BCUT2D eigenvalue weighted by molar-refractivity contribution is 0.0510. The summed E-state index contributed by atoms with van der Waals surface area (Å²) >= 11 is 6.22. The molecule has 0 saturated carbocycles. The zero-order valence-electron chi connectivity index (χ0n) is 17.3. The van der Waals surface area contributed by atoms with E-state index in [1.54, 1.807) is 30.3 Å². The predicted octanol–water partition coefficient (Wildman–Crippen LogP) is 5.45. The van der Waals surface area contributed by atoms with Gasteiger partial charge in [-0.3, -0.25) is 4.79 Å². The maximum Gasteiger partial charge on any atom is 0.197 e. The van der Waals surface area contributed by atoms with Crippen molar-refractivity contribution in [2.45, 2.75) is 13.8 Å². The summed E-state index contributed by atoms with van der Waals surface area (Å²) in [7, 11) is 3.06. The summed E-state index contributed by atoms with van der Waals surface area (Å²) in [5.41, 5.74) is 1.86. The molecular weight excluding hydrogens is 408 g/mol. The minimum absolute atomic E-state index is 0.0525. The largest absolute Gasteiger partial charge is 0.495 e. The molecule has 3 aromatic rings. The number of methoxy groups -OCH3 is 2. The number of halogens is 1. The van der Waals surface area contributed by atoms with Crippen molar-refractivity contribution < 1.29 is 23.4 Å². The number of allylic oxidation sites excluding steroid dienone is 1. The normalized spacial score (nSPS) is 10.7. The molecule has 0 aliphatic heterocycles. The van der Waals surface area contributed by atoms with Gasteiger partial charge in [0.15, 0.2) is 12.2 Å². The molecule has 0 fully saturated rings. The van der Waals surface area contributed by atoms with Gasteiger partial charge in [-0.1, -0.05) is 17.2 Å². The van der Waals surface area contributed by atoms with Crippen LogP contribution in [0.5, 0.6) is 17.2 Å². The van der Waals surface area contributed by atoms with Crippen LogP contribution in [0.2, 0.25) is 5.02 Å². The van der Waals surface area contributed by atoms with E-state index in [0.29, 0.717) is 51.2 Å². The van der Waals surface area contributed by atoms with Crippen molar-refractivity contribution in [2.24, 2.45) is 0 Å². The molecule has 6 nitrogen and oxygen atoms in total. The highest BCUT2D eigenvalue weighted by atomic mass is 35.5. The summed E-state index contributed by atoms with van der Waals surface area (Å²) < 4.78 is 27.6. The van der Waals surface area contributed by atoms with Crippen LogP contribution in [-0.2, 0) is 4.74 Å². The molecule has 1 aromatic heterocycles. The minimum Gasteiger partial charge on any atom is -0.495 e. The van der Waals surface area contributed by atoms with Crippen LogP contribution in [0.3, 0.4) is 0 Å². The van der Waals surface area contributed by atoms with E-state index in [-0.39, 0.29) is 12.2 Å². The quantitative estimate of drug-likeness (QED) is 0.349. The number of rotatable bonds is 8. The fourth-order valence-corrected chi connectivity index (χ4v) is 3.07. The monoisotopic (exact) mass is 430 g/mol. The molecular formula is C23H23ClO6. The molecule has 3 rings (SSSR count). The van der Waals surface area contributed by atoms with Crippen LogP contribution in [0.1, 0.15) is 13.8 Å². The van der Waals surface area contributed by atoms with E-state index in [2.05, 4.69) is 0 Å². The van der Waals surface area contributed by atoms with Gasteiger partial charge in [0.05, 0.1) is 12.1 Å². The van der Waals surface area contributed by atoms with Gasteiger partial charge in [0, 0.05) is 30.9 Å². The van der Waals surface area contributed by atoms with Gasteiger partial charge in [0.2, 0.25) is 0 Å². The molecule has 7 heteroatoms. The van der Waals surface area contributed by atoms with Gasteiger partial charge in [-0.05, 0) is 38.1 Å². The molecule has 0 unspecified atom stereocenters. The van der Waals surface area contributed by atoms with E-state index in [1.807, 2.05) is 19.9 Å². The first-order valence-corrected chi connectivity index (χ1v) is 9.64. The van der Waals surface area contributed by atoms with Gasteiger partial charge in [-0.15, -0.1) is 0 Å². The van der Waals surface area contributed by atoms with Gasteiger partial charge in [0.1, 0.15) is 40.6 Å². The minimum atomic E-state index is -0.233. The summed E-state index contributed by atoms with van der Waals surface area (Å²) in [6.07, 6.45) is 1.92. The molecule has 0 radical (unpaired) electrons. The maximum absolute atomic E-state index is 12.9. The third-order valence-electron chi connectivity index (χ3n) is 4.28. The third-order valence-corrected chi connectivity index (χ3v) is 4.57. The number of hydrogen-bond acceptors (Lipinski definition) is 6. The van der Waals surface area contributed by atoms with Crippen molar-refractivity contribution in [3.63, 3.8) is 0 Å². The van der Waals surface area contributed by atoms with Crippen molar-refractivity contribution in [3.05, 3.63) is 63.3 Å². The molecule has 0 atom stereocenters.